The summed E-state index contributed by atoms with van der Waals surface area (Å²) < 4.78 is 4.92. The Morgan fingerprint density at radius 3 is 1.00 bits per heavy atom. The lowest BCUT2D eigenvalue weighted by Gasteiger charge is -2.21. The van der Waals surface area contributed by atoms with Crippen molar-refractivity contribution >= 4 is 43.6 Å². The molecule has 0 N–H and O–H groups in total. The van der Waals surface area contributed by atoms with E-state index in [1.165, 1.54) is 27.4 Å². The Morgan fingerprint density at radius 1 is 0.186 bits per heavy atom. The number of rotatable bonds is 11. The monoisotopic (exact) mass is 1100 g/mol. The minimum absolute atomic E-state index is 0.565. The van der Waals surface area contributed by atoms with Crippen LogP contribution in [0.4, 0.5) is 0 Å². The first kappa shape index (κ1) is 50.2. The second-order valence-corrected chi connectivity index (χ2v) is 21.9. The highest BCUT2D eigenvalue weighted by atomic mass is 15.0. The number of aromatic nitrogens is 5. The van der Waals surface area contributed by atoms with E-state index >= 15 is 0 Å². The Hall–Kier alpha value is -11.5. The first-order valence-corrected chi connectivity index (χ1v) is 29.2. The van der Waals surface area contributed by atoms with Crippen LogP contribution >= 0.6 is 0 Å². The van der Waals surface area contributed by atoms with Crippen molar-refractivity contribution in [2.24, 2.45) is 0 Å². The maximum Gasteiger partial charge on any atom is 0.164 e. The average Bonchev–Trinajstić information content (AvgIpc) is 1.87. The van der Waals surface area contributed by atoms with Crippen LogP contribution in [0.5, 0.6) is 0 Å². The van der Waals surface area contributed by atoms with Gasteiger partial charge in [0, 0.05) is 55.0 Å². The lowest BCUT2D eigenvalue weighted by molar-refractivity contribution is 1.07. The molecular weight excluding hydrogens is 1040 g/mol. The molecule has 3 heterocycles. The van der Waals surface area contributed by atoms with Gasteiger partial charge in [0.2, 0.25) is 0 Å². The molecule has 0 aliphatic heterocycles. The number of nitrogens with zero attached hydrogens (tertiary/aromatic N) is 5. The molecule has 0 spiro atoms. The normalized spacial score (nSPS) is 11.5. The first-order valence-electron chi connectivity index (χ1n) is 29.2. The van der Waals surface area contributed by atoms with E-state index in [4.69, 9.17) is 15.0 Å². The smallest absolute Gasteiger partial charge is 0.164 e. The van der Waals surface area contributed by atoms with Crippen LogP contribution in [-0.2, 0) is 0 Å². The van der Waals surface area contributed by atoms with Crippen LogP contribution in [0.15, 0.2) is 322 Å². The molecule has 86 heavy (non-hydrogen) atoms. The molecule has 0 aliphatic rings. The van der Waals surface area contributed by atoms with Crippen LogP contribution in [0.3, 0.4) is 0 Å². The Kier molecular flexibility index (Phi) is 12.5. The third-order valence-corrected chi connectivity index (χ3v) is 16.7. The Labute approximate surface area is 498 Å². The Balaban J connectivity index is 0.967. The number of para-hydroxylation sites is 2. The molecule has 402 valence electrons. The summed E-state index contributed by atoms with van der Waals surface area (Å²) in [7, 11) is 0. The summed E-state index contributed by atoms with van der Waals surface area (Å²) in [5.41, 5.74) is 22.5. The summed E-state index contributed by atoms with van der Waals surface area (Å²) in [4.78, 5) is 16.5. The molecule has 0 fully saturated rings. The minimum Gasteiger partial charge on any atom is -0.309 e. The molecule has 16 aromatic rings. The summed E-state index contributed by atoms with van der Waals surface area (Å²) in [5.74, 6) is 1.72. The predicted octanol–water partition coefficient (Wildman–Crippen LogP) is 21.1. The molecule has 0 radical (unpaired) electrons. The number of hydrogen-bond donors (Lipinski definition) is 0. The highest BCUT2D eigenvalue weighted by Crippen LogP contribution is 2.46. The summed E-state index contributed by atoms with van der Waals surface area (Å²) in [6.45, 7) is 0. The second-order valence-electron chi connectivity index (χ2n) is 21.9. The van der Waals surface area contributed by atoms with Crippen molar-refractivity contribution in [3.63, 3.8) is 0 Å². The molecule has 3 aromatic heterocycles. The molecule has 0 saturated carbocycles. The van der Waals surface area contributed by atoms with Crippen LogP contribution in [0, 0.1) is 0 Å². The maximum absolute atomic E-state index is 5.58. The zero-order chi connectivity index (χ0) is 56.9. The van der Waals surface area contributed by atoms with Gasteiger partial charge >= 0.3 is 0 Å². The van der Waals surface area contributed by atoms with E-state index in [2.05, 4.69) is 331 Å². The molecule has 16 rings (SSSR count). The molecular formula is C81H53N5. The van der Waals surface area contributed by atoms with Gasteiger partial charge in [-0.2, -0.15) is 0 Å². The van der Waals surface area contributed by atoms with Crippen LogP contribution in [0.2, 0.25) is 0 Å². The molecule has 0 atom stereocenters. The maximum atomic E-state index is 5.58. The number of hydrogen-bond acceptors (Lipinski definition) is 3. The van der Waals surface area contributed by atoms with Gasteiger partial charge in [-0.1, -0.05) is 249 Å². The average molecular weight is 1100 g/mol. The lowest BCUT2D eigenvalue weighted by Crippen LogP contribution is -2.04. The zero-order valence-electron chi connectivity index (χ0n) is 46.8. The van der Waals surface area contributed by atoms with Gasteiger partial charge in [-0.3, -0.25) is 0 Å². The largest absolute Gasteiger partial charge is 0.309 e. The predicted molar refractivity (Wildman–Crippen MR) is 357 cm³/mol. The van der Waals surface area contributed by atoms with E-state index in [1.807, 2.05) is 0 Å². The molecule has 13 aromatic carbocycles. The fraction of sp³-hybridized carbons (Fsp3) is 0. The van der Waals surface area contributed by atoms with Crippen LogP contribution in [0.25, 0.3) is 156 Å². The fourth-order valence-corrected chi connectivity index (χ4v) is 12.6. The van der Waals surface area contributed by atoms with Crippen molar-refractivity contribution in [1.29, 1.82) is 0 Å². The highest BCUT2D eigenvalue weighted by molar-refractivity contribution is 6.14. The lowest BCUT2D eigenvalue weighted by atomic mass is 9.92. The summed E-state index contributed by atoms with van der Waals surface area (Å²) in [6, 6.07) is 115. The van der Waals surface area contributed by atoms with Gasteiger partial charge in [0.05, 0.1) is 27.8 Å². The summed E-state index contributed by atoms with van der Waals surface area (Å²) in [6.07, 6.45) is 0. The van der Waals surface area contributed by atoms with Gasteiger partial charge in [-0.05, 0) is 128 Å². The van der Waals surface area contributed by atoms with E-state index in [0.717, 1.165) is 111 Å². The number of fused-ring (bicyclic) bond motifs is 6. The molecule has 0 bridgehead atoms. The molecule has 5 heteroatoms. The van der Waals surface area contributed by atoms with Crippen molar-refractivity contribution in [1.82, 2.24) is 24.1 Å². The van der Waals surface area contributed by atoms with E-state index in [-0.39, 0.29) is 0 Å². The van der Waals surface area contributed by atoms with Crippen LogP contribution in [0.1, 0.15) is 0 Å². The summed E-state index contributed by atoms with van der Waals surface area (Å²) in [5, 5.41) is 4.77. The van der Waals surface area contributed by atoms with Crippen molar-refractivity contribution in [2.75, 3.05) is 0 Å². The van der Waals surface area contributed by atoms with Crippen molar-refractivity contribution in [3.05, 3.63) is 322 Å². The minimum atomic E-state index is 0.565. The molecule has 0 amide bonds. The van der Waals surface area contributed by atoms with E-state index in [0.29, 0.717) is 17.5 Å². The molecule has 0 saturated heterocycles. The second kappa shape index (κ2) is 21.3. The first-order chi connectivity index (χ1) is 42.6. The quantitative estimate of drug-likeness (QED) is 0.130. The van der Waals surface area contributed by atoms with Gasteiger partial charge in [-0.15, -0.1) is 0 Å². The Bertz CT molecular complexity index is 5000. The topological polar surface area (TPSA) is 48.5 Å². The fourth-order valence-electron chi connectivity index (χ4n) is 12.6. The van der Waals surface area contributed by atoms with Gasteiger partial charge in [0.1, 0.15) is 0 Å². The van der Waals surface area contributed by atoms with Crippen molar-refractivity contribution in [3.8, 4) is 112 Å². The van der Waals surface area contributed by atoms with Gasteiger partial charge in [0.25, 0.3) is 0 Å². The third kappa shape index (κ3) is 9.03. The van der Waals surface area contributed by atoms with Gasteiger partial charge in [0.15, 0.2) is 17.5 Å². The zero-order valence-corrected chi connectivity index (χ0v) is 46.8. The van der Waals surface area contributed by atoms with Gasteiger partial charge in [-0.25, -0.2) is 15.0 Å². The number of benzene rings is 13. The Morgan fingerprint density at radius 2 is 0.512 bits per heavy atom. The van der Waals surface area contributed by atoms with E-state index < -0.39 is 0 Å². The van der Waals surface area contributed by atoms with E-state index in [1.54, 1.807) is 0 Å². The highest BCUT2D eigenvalue weighted by Gasteiger charge is 2.25. The van der Waals surface area contributed by atoms with Crippen LogP contribution in [-0.4, -0.2) is 24.1 Å². The van der Waals surface area contributed by atoms with Crippen molar-refractivity contribution in [2.45, 2.75) is 0 Å². The third-order valence-electron chi connectivity index (χ3n) is 16.7. The van der Waals surface area contributed by atoms with E-state index in [9.17, 15) is 0 Å². The molecule has 5 nitrogen and oxygen atoms in total. The van der Waals surface area contributed by atoms with Crippen LogP contribution < -0.4 is 0 Å². The summed E-state index contributed by atoms with van der Waals surface area (Å²) >= 11 is 0. The SMILES string of the molecule is c1ccc(-c2ccc(-c3nc(-c4cc(-c5ccccc5)cc(-c5ccccc5)c4)nc(-c4cc(-c5ccccc5)c(-n5c6ccc(-c7ccccc7)cc6c6cc(-n7c8ccccc8c8ccccc87)ccc65)c(-c5ccccc5)c4)n3)cc2)cc1. The molecule has 0 aliphatic carbocycles. The molecule has 0 unspecified atom stereocenters. The standard InChI is InChI=1S/C81H53N5/c1-7-23-54(24-8-1)58-39-41-61(42-40-58)79-82-80(65-48-63(56-27-11-3-12-28-56)47-64(49-65)57-29-13-4-14-30-57)84-81(83-79)66-51-70(59-31-15-5-16-32-59)78(71(52-66)60-33-17-6-18-34-60)86-76-45-43-62(55-25-9-2-10-26-55)50-72(76)73-53-67(44-46-77(73)86)85-74-37-21-19-35-68(74)69-36-20-22-38-75(69)85/h1-53H. The van der Waals surface area contributed by atoms with Crippen molar-refractivity contribution < 1.29 is 0 Å². The van der Waals surface area contributed by atoms with Gasteiger partial charge < -0.3 is 9.13 Å².